The lowest BCUT2D eigenvalue weighted by molar-refractivity contribution is -0.385. The Labute approximate surface area is 105 Å². The van der Waals surface area contributed by atoms with E-state index >= 15 is 0 Å². The van der Waals surface area contributed by atoms with Crippen LogP contribution in [-0.2, 0) is 6.67 Å². The van der Waals surface area contributed by atoms with Crippen molar-refractivity contribution in [2.45, 2.75) is 25.6 Å². The van der Waals surface area contributed by atoms with Crippen molar-refractivity contribution in [1.29, 1.82) is 0 Å². The zero-order valence-corrected chi connectivity index (χ0v) is 10.2. The highest BCUT2D eigenvalue weighted by atomic mass is 16.6. The smallest absolute Gasteiger partial charge is 0.298 e. The van der Waals surface area contributed by atoms with E-state index in [0.29, 0.717) is 12.7 Å². The first-order chi connectivity index (χ1) is 8.72. The van der Waals surface area contributed by atoms with E-state index in [1.54, 1.807) is 4.68 Å². The van der Waals surface area contributed by atoms with Gasteiger partial charge in [-0.1, -0.05) is 0 Å². The van der Waals surface area contributed by atoms with Gasteiger partial charge in [-0.15, -0.1) is 0 Å². The molecule has 0 aromatic carbocycles. The summed E-state index contributed by atoms with van der Waals surface area (Å²) in [6, 6.07) is 0.671. The van der Waals surface area contributed by atoms with Crippen LogP contribution in [0.5, 0.6) is 0 Å². The van der Waals surface area contributed by atoms with Gasteiger partial charge >= 0.3 is 5.69 Å². The fourth-order valence-electron chi connectivity index (χ4n) is 2.91. The number of hydrogen-bond acceptors (Lipinski definition) is 5. The second-order valence-corrected chi connectivity index (χ2v) is 5.05. The van der Waals surface area contributed by atoms with E-state index < -0.39 is 4.92 Å². The Morgan fingerprint density at radius 1 is 1.44 bits per heavy atom. The Kier molecular flexibility index (Phi) is 3.00. The Morgan fingerprint density at radius 3 is 3.11 bits per heavy atom. The second kappa shape index (κ2) is 4.66. The van der Waals surface area contributed by atoms with Gasteiger partial charge in [0.25, 0.3) is 0 Å². The molecule has 1 unspecified atom stereocenters. The predicted octanol–water partition coefficient (Wildman–Crippen LogP) is 0.529. The van der Waals surface area contributed by atoms with E-state index in [9.17, 15) is 10.1 Å². The number of rotatable bonds is 3. The minimum atomic E-state index is -0.404. The van der Waals surface area contributed by atoms with Crippen LogP contribution < -0.4 is 0 Å². The average Bonchev–Trinajstić information content (AvgIpc) is 2.96. The molecule has 1 aromatic rings. The molecule has 1 atom stereocenters. The molecule has 3 rings (SSSR count). The summed E-state index contributed by atoms with van der Waals surface area (Å²) < 4.78 is 1.66. The molecule has 1 aromatic heterocycles. The molecule has 2 aliphatic rings. The molecule has 98 valence electrons. The van der Waals surface area contributed by atoms with E-state index in [-0.39, 0.29) is 5.69 Å². The topological polar surface area (TPSA) is 67.4 Å². The Hall–Kier alpha value is -1.47. The fourth-order valence-corrected chi connectivity index (χ4v) is 2.91. The van der Waals surface area contributed by atoms with E-state index in [4.69, 9.17) is 0 Å². The van der Waals surface area contributed by atoms with Crippen LogP contribution in [0.3, 0.4) is 0 Å². The lowest BCUT2D eigenvalue weighted by Gasteiger charge is -2.37. The highest BCUT2D eigenvalue weighted by molar-refractivity contribution is 5.20. The summed E-state index contributed by atoms with van der Waals surface area (Å²) in [5, 5.41) is 14.6. The maximum Gasteiger partial charge on any atom is 0.307 e. The van der Waals surface area contributed by atoms with Crippen molar-refractivity contribution in [3.05, 3.63) is 22.5 Å². The predicted molar refractivity (Wildman–Crippen MR) is 65.0 cm³/mol. The summed E-state index contributed by atoms with van der Waals surface area (Å²) in [6.07, 6.45) is 5.38. The standard InChI is InChI=1S/C11H17N5O2/c17-16(18)11-6-12-15(8-11)9-13-4-5-14-3-1-2-10(14)7-13/h6,8,10H,1-5,7,9H2. The molecule has 0 spiro atoms. The minimum absolute atomic E-state index is 0.0644. The van der Waals surface area contributed by atoms with Gasteiger partial charge in [0.05, 0.1) is 11.6 Å². The van der Waals surface area contributed by atoms with Crippen molar-refractivity contribution < 1.29 is 4.92 Å². The van der Waals surface area contributed by atoms with Gasteiger partial charge in [-0.25, -0.2) is 0 Å². The van der Waals surface area contributed by atoms with Crippen LogP contribution in [0.25, 0.3) is 0 Å². The number of hydrogen-bond donors (Lipinski definition) is 0. The summed E-state index contributed by atoms with van der Waals surface area (Å²) in [5.74, 6) is 0. The second-order valence-electron chi connectivity index (χ2n) is 5.05. The Balaban J connectivity index is 1.60. The van der Waals surface area contributed by atoms with Crippen LogP contribution in [0.1, 0.15) is 12.8 Å². The van der Waals surface area contributed by atoms with Gasteiger partial charge in [0, 0.05) is 25.7 Å². The van der Waals surface area contributed by atoms with Gasteiger partial charge in [0.15, 0.2) is 0 Å². The van der Waals surface area contributed by atoms with Crippen LogP contribution in [-0.4, -0.2) is 56.7 Å². The summed E-state index contributed by atoms with van der Waals surface area (Å²) in [5.41, 5.74) is 0.0644. The highest BCUT2D eigenvalue weighted by Gasteiger charge is 2.30. The molecule has 0 saturated carbocycles. The normalized spacial score (nSPS) is 25.2. The van der Waals surface area contributed by atoms with Crippen molar-refractivity contribution in [2.24, 2.45) is 0 Å². The molecule has 3 heterocycles. The van der Waals surface area contributed by atoms with Crippen molar-refractivity contribution in [3.8, 4) is 0 Å². The molecule has 0 amide bonds. The molecule has 2 saturated heterocycles. The lowest BCUT2D eigenvalue weighted by atomic mass is 10.2. The van der Waals surface area contributed by atoms with E-state index in [1.165, 1.54) is 31.8 Å². The first-order valence-corrected chi connectivity index (χ1v) is 6.35. The molecule has 7 heteroatoms. The summed E-state index contributed by atoms with van der Waals surface area (Å²) in [6.45, 7) is 5.05. The molecule has 18 heavy (non-hydrogen) atoms. The Bertz CT molecular complexity index is 446. The van der Waals surface area contributed by atoms with Crippen molar-refractivity contribution in [3.63, 3.8) is 0 Å². The number of nitro groups is 1. The molecular formula is C11H17N5O2. The van der Waals surface area contributed by atoms with Crippen LogP contribution in [0.4, 0.5) is 5.69 Å². The van der Waals surface area contributed by atoms with Gasteiger partial charge in [-0.3, -0.25) is 24.6 Å². The molecule has 2 fully saturated rings. The van der Waals surface area contributed by atoms with Crippen LogP contribution >= 0.6 is 0 Å². The number of piperazine rings is 1. The summed E-state index contributed by atoms with van der Waals surface area (Å²) in [7, 11) is 0. The van der Waals surface area contributed by atoms with Gasteiger partial charge < -0.3 is 0 Å². The largest absolute Gasteiger partial charge is 0.307 e. The SMILES string of the molecule is O=[N+]([O-])c1cnn(CN2CCN3CCCC3C2)c1. The van der Waals surface area contributed by atoms with E-state index in [2.05, 4.69) is 14.9 Å². The van der Waals surface area contributed by atoms with Crippen LogP contribution in [0.15, 0.2) is 12.4 Å². The third-order valence-corrected chi connectivity index (χ3v) is 3.85. The van der Waals surface area contributed by atoms with Gasteiger partial charge in [-0.05, 0) is 19.4 Å². The molecule has 0 N–H and O–H groups in total. The molecule has 0 radical (unpaired) electrons. The zero-order valence-electron chi connectivity index (χ0n) is 10.2. The highest BCUT2D eigenvalue weighted by Crippen LogP contribution is 2.21. The Morgan fingerprint density at radius 2 is 2.33 bits per heavy atom. The van der Waals surface area contributed by atoms with Gasteiger partial charge in [-0.2, -0.15) is 5.10 Å². The van der Waals surface area contributed by atoms with Crippen LogP contribution in [0.2, 0.25) is 0 Å². The summed E-state index contributed by atoms with van der Waals surface area (Å²) >= 11 is 0. The van der Waals surface area contributed by atoms with E-state index in [1.807, 2.05) is 0 Å². The third kappa shape index (κ3) is 2.23. The van der Waals surface area contributed by atoms with Crippen molar-refractivity contribution >= 4 is 5.69 Å². The molecule has 0 bridgehead atoms. The van der Waals surface area contributed by atoms with E-state index in [0.717, 1.165) is 19.6 Å². The lowest BCUT2D eigenvalue weighted by Crippen LogP contribution is -2.50. The quantitative estimate of drug-likeness (QED) is 0.579. The van der Waals surface area contributed by atoms with Gasteiger partial charge in [0.2, 0.25) is 0 Å². The number of fused-ring (bicyclic) bond motifs is 1. The molecule has 7 nitrogen and oxygen atoms in total. The number of nitrogens with zero attached hydrogens (tertiary/aromatic N) is 5. The van der Waals surface area contributed by atoms with Crippen molar-refractivity contribution in [2.75, 3.05) is 26.2 Å². The average molecular weight is 251 g/mol. The molecule has 0 aliphatic carbocycles. The maximum absolute atomic E-state index is 10.6. The molecular weight excluding hydrogens is 234 g/mol. The number of aromatic nitrogens is 2. The third-order valence-electron chi connectivity index (χ3n) is 3.85. The van der Waals surface area contributed by atoms with Crippen molar-refractivity contribution in [1.82, 2.24) is 19.6 Å². The summed E-state index contributed by atoms with van der Waals surface area (Å²) in [4.78, 5) is 15.1. The monoisotopic (exact) mass is 251 g/mol. The van der Waals surface area contributed by atoms with Gasteiger partial charge in [0.1, 0.15) is 12.4 Å². The first-order valence-electron chi connectivity index (χ1n) is 6.35. The zero-order chi connectivity index (χ0) is 12.5. The fraction of sp³-hybridized carbons (Fsp3) is 0.727. The first kappa shape index (κ1) is 11.6. The minimum Gasteiger partial charge on any atom is -0.298 e. The molecule has 2 aliphatic heterocycles. The maximum atomic E-state index is 10.6. The van der Waals surface area contributed by atoms with Crippen LogP contribution in [0, 0.1) is 10.1 Å².